The molecular formula is C18H29NO4. The van der Waals surface area contributed by atoms with Crippen molar-refractivity contribution in [1.82, 2.24) is 5.32 Å². The van der Waals surface area contributed by atoms with Crippen LogP contribution in [0.3, 0.4) is 0 Å². The molecule has 0 amide bonds. The molecule has 0 unspecified atom stereocenters. The van der Waals surface area contributed by atoms with E-state index in [0.29, 0.717) is 19.8 Å². The van der Waals surface area contributed by atoms with E-state index in [1.54, 1.807) is 6.92 Å². The van der Waals surface area contributed by atoms with E-state index < -0.39 is 6.29 Å². The zero-order valence-electron chi connectivity index (χ0n) is 14.6. The molecule has 0 bridgehead atoms. The molecule has 1 N–H and O–H groups in total. The largest absolute Gasteiger partial charge is 0.466 e. The molecule has 5 heteroatoms. The number of esters is 1. The minimum absolute atomic E-state index is 0.0686. The topological polar surface area (TPSA) is 56.8 Å². The van der Waals surface area contributed by atoms with E-state index in [9.17, 15) is 4.79 Å². The fourth-order valence-electron chi connectivity index (χ4n) is 2.40. The highest BCUT2D eigenvalue weighted by molar-refractivity contribution is 5.70. The van der Waals surface area contributed by atoms with Crippen LogP contribution in [0.5, 0.6) is 0 Å². The van der Waals surface area contributed by atoms with Gasteiger partial charge in [-0.2, -0.15) is 0 Å². The van der Waals surface area contributed by atoms with Crippen molar-refractivity contribution < 1.29 is 19.0 Å². The number of carbonyl (C=O) groups excluding carboxylic acids is 1. The monoisotopic (exact) mass is 323 g/mol. The van der Waals surface area contributed by atoms with Crippen molar-refractivity contribution in [3.05, 3.63) is 35.9 Å². The average molecular weight is 323 g/mol. The van der Waals surface area contributed by atoms with Crippen molar-refractivity contribution in [1.29, 1.82) is 0 Å². The maximum atomic E-state index is 11.9. The lowest BCUT2D eigenvalue weighted by molar-refractivity contribution is -0.166. The third kappa shape index (κ3) is 7.12. The van der Waals surface area contributed by atoms with Crippen LogP contribution in [0.4, 0.5) is 0 Å². The predicted octanol–water partition coefficient (Wildman–Crippen LogP) is 3.06. The van der Waals surface area contributed by atoms with Crippen LogP contribution in [0, 0.1) is 0 Å². The van der Waals surface area contributed by atoms with Crippen LogP contribution in [-0.2, 0) is 19.0 Å². The molecule has 0 aliphatic heterocycles. The molecule has 0 fully saturated rings. The Morgan fingerprint density at radius 1 is 1.04 bits per heavy atom. The Hall–Kier alpha value is -1.43. The second kappa shape index (κ2) is 11.2. The molecule has 0 spiro atoms. The summed E-state index contributed by atoms with van der Waals surface area (Å²) >= 11 is 0. The highest BCUT2D eigenvalue weighted by Crippen LogP contribution is 2.16. The molecule has 130 valence electrons. The van der Waals surface area contributed by atoms with Gasteiger partial charge in [-0.05, 0) is 33.3 Å². The molecule has 5 nitrogen and oxygen atoms in total. The maximum absolute atomic E-state index is 11.9. The Morgan fingerprint density at radius 3 is 2.17 bits per heavy atom. The van der Waals surface area contributed by atoms with E-state index in [1.165, 1.54) is 0 Å². The minimum atomic E-state index is -0.486. The Bertz CT molecular complexity index is 432. The summed E-state index contributed by atoms with van der Waals surface area (Å²) in [5.74, 6) is -0.255. The zero-order valence-corrected chi connectivity index (χ0v) is 14.6. The number of benzene rings is 1. The summed E-state index contributed by atoms with van der Waals surface area (Å²) in [5.41, 5.74) is 1.15. The van der Waals surface area contributed by atoms with Crippen molar-refractivity contribution in [3.8, 4) is 0 Å². The molecule has 2 atom stereocenters. The molecule has 23 heavy (non-hydrogen) atoms. The van der Waals surface area contributed by atoms with Crippen LogP contribution in [0.1, 0.15) is 45.7 Å². The van der Waals surface area contributed by atoms with Crippen molar-refractivity contribution in [2.24, 2.45) is 0 Å². The standard InChI is InChI=1S/C18H29NO4/c1-5-21-17(20)13-16(18(22-6-2)23-7-3)19-14(4)15-11-9-8-10-12-15/h8-12,14,16,18-19H,5-7,13H2,1-4H3/t14-,16+/m1/s1. The first-order valence-corrected chi connectivity index (χ1v) is 8.32. The molecule has 1 aromatic rings. The lowest BCUT2D eigenvalue weighted by Gasteiger charge is -2.30. The summed E-state index contributed by atoms with van der Waals surface area (Å²) in [4.78, 5) is 11.9. The summed E-state index contributed by atoms with van der Waals surface area (Å²) in [6.07, 6.45) is -0.282. The first-order valence-electron chi connectivity index (χ1n) is 8.32. The molecule has 0 aliphatic rings. The van der Waals surface area contributed by atoms with Crippen molar-refractivity contribution in [3.63, 3.8) is 0 Å². The van der Waals surface area contributed by atoms with Gasteiger partial charge in [0.05, 0.1) is 19.1 Å². The van der Waals surface area contributed by atoms with E-state index in [1.807, 2.05) is 32.0 Å². The first-order chi connectivity index (χ1) is 11.1. The number of hydrogen-bond donors (Lipinski definition) is 1. The van der Waals surface area contributed by atoms with Crippen LogP contribution in [0.2, 0.25) is 0 Å². The van der Waals surface area contributed by atoms with E-state index in [0.717, 1.165) is 5.56 Å². The van der Waals surface area contributed by atoms with Crippen molar-refractivity contribution in [2.75, 3.05) is 19.8 Å². The second-order valence-corrected chi connectivity index (χ2v) is 5.19. The zero-order chi connectivity index (χ0) is 17.1. The molecule has 1 rings (SSSR count). The van der Waals surface area contributed by atoms with Gasteiger partial charge in [0.25, 0.3) is 0 Å². The van der Waals surface area contributed by atoms with E-state index in [-0.39, 0.29) is 24.5 Å². The Balaban J connectivity index is 2.81. The Labute approximate surface area is 139 Å². The van der Waals surface area contributed by atoms with Gasteiger partial charge in [0.15, 0.2) is 6.29 Å². The molecule has 0 aliphatic carbocycles. The minimum Gasteiger partial charge on any atom is -0.466 e. The van der Waals surface area contributed by atoms with E-state index in [2.05, 4.69) is 24.4 Å². The Morgan fingerprint density at radius 2 is 1.65 bits per heavy atom. The Kier molecular flexibility index (Phi) is 9.52. The molecule has 1 aromatic carbocycles. The summed E-state index contributed by atoms with van der Waals surface area (Å²) in [6, 6.07) is 9.87. The van der Waals surface area contributed by atoms with Crippen LogP contribution in [0.15, 0.2) is 30.3 Å². The van der Waals surface area contributed by atoms with Crippen LogP contribution in [0.25, 0.3) is 0 Å². The van der Waals surface area contributed by atoms with Crippen LogP contribution in [-0.4, -0.2) is 38.1 Å². The smallest absolute Gasteiger partial charge is 0.307 e. The maximum Gasteiger partial charge on any atom is 0.307 e. The predicted molar refractivity (Wildman–Crippen MR) is 90.1 cm³/mol. The van der Waals surface area contributed by atoms with Gasteiger partial charge in [-0.25, -0.2) is 0 Å². The molecule has 0 saturated carbocycles. The summed E-state index contributed by atoms with van der Waals surface area (Å²) in [7, 11) is 0. The first kappa shape index (κ1) is 19.6. The lowest BCUT2D eigenvalue weighted by Crippen LogP contribution is -2.45. The fourth-order valence-corrected chi connectivity index (χ4v) is 2.40. The van der Waals surface area contributed by atoms with Gasteiger partial charge in [-0.3, -0.25) is 4.79 Å². The SMILES string of the molecule is CCOC(=O)C[C@H](N[C@H](C)c1ccccc1)C(OCC)OCC. The van der Waals surface area contributed by atoms with Gasteiger partial charge in [0.1, 0.15) is 0 Å². The van der Waals surface area contributed by atoms with Gasteiger partial charge in [-0.1, -0.05) is 30.3 Å². The average Bonchev–Trinajstić information content (AvgIpc) is 2.55. The highest BCUT2D eigenvalue weighted by Gasteiger charge is 2.27. The number of hydrogen-bond acceptors (Lipinski definition) is 5. The summed E-state index contributed by atoms with van der Waals surface area (Å²) in [5, 5.41) is 3.44. The van der Waals surface area contributed by atoms with Gasteiger partial charge >= 0.3 is 5.97 Å². The van der Waals surface area contributed by atoms with Crippen molar-refractivity contribution >= 4 is 5.97 Å². The molecule has 0 saturated heterocycles. The van der Waals surface area contributed by atoms with Crippen LogP contribution < -0.4 is 5.32 Å². The van der Waals surface area contributed by atoms with Gasteiger partial charge in [0, 0.05) is 19.3 Å². The van der Waals surface area contributed by atoms with Crippen molar-refractivity contribution in [2.45, 2.75) is 52.5 Å². The number of nitrogens with one attached hydrogen (secondary N) is 1. The quantitative estimate of drug-likeness (QED) is 0.501. The fraction of sp³-hybridized carbons (Fsp3) is 0.611. The number of rotatable bonds is 11. The number of ether oxygens (including phenoxy) is 3. The van der Waals surface area contributed by atoms with E-state index >= 15 is 0 Å². The third-order valence-corrected chi connectivity index (χ3v) is 3.45. The normalized spacial score (nSPS) is 13.8. The van der Waals surface area contributed by atoms with Crippen LogP contribution >= 0.6 is 0 Å². The number of carbonyl (C=O) groups is 1. The second-order valence-electron chi connectivity index (χ2n) is 5.19. The molecule has 0 radical (unpaired) electrons. The van der Waals surface area contributed by atoms with Gasteiger partial charge in [0.2, 0.25) is 0 Å². The van der Waals surface area contributed by atoms with Gasteiger partial charge in [-0.15, -0.1) is 0 Å². The molecule has 0 aromatic heterocycles. The molecule has 0 heterocycles. The summed E-state index contributed by atoms with van der Waals surface area (Å²) < 4.78 is 16.4. The molecular weight excluding hydrogens is 294 g/mol. The highest BCUT2D eigenvalue weighted by atomic mass is 16.7. The lowest BCUT2D eigenvalue weighted by atomic mass is 10.1. The third-order valence-electron chi connectivity index (χ3n) is 3.45. The summed E-state index contributed by atoms with van der Waals surface area (Å²) in [6.45, 7) is 9.09. The van der Waals surface area contributed by atoms with E-state index in [4.69, 9.17) is 14.2 Å². The van der Waals surface area contributed by atoms with Gasteiger partial charge < -0.3 is 19.5 Å².